The van der Waals surface area contributed by atoms with Gasteiger partial charge in [0, 0.05) is 24.6 Å². The van der Waals surface area contributed by atoms with E-state index in [0.717, 1.165) is 24.9 Å². The normalized spacial score (nSPS) is 11.0. The number of pyridine rings is 1. The molecule has 0 aromatic heterocycles. The van der Waals surface area contributed by atoms with Crippen molar-refractivity contribution in [2.75, 3.05) is 5.32 Å². The van der Waals surface area contributed by atoms with Crippen molar-refractivity contribution in [3.8, 4) is 16.9 Å². The summed E-state index contributed by atoms with van der Waals surface area (Å²) in [5, 5.41) is 7.45. The number of anilines is 1. The predicted molar refractivity (Wildman–Crippen MR) is 123 cm³/mol. The molecule has 0 bridgehead atoms. The van der Waals surface area contributed by atoms with Crippen molar-refractivity contribution < 1.29 is 4.79 Å². The van der Waals surface area contributed by atoms with Crippen LogP contribution in [-0.2, 0) is 13.0 Å². The number of fused-ring (bicyclic) bond motifs is 1. The van der Waals surface area contributed by atoms with Crippen molar-refractivity contribution in [3.05, 3.63) is 88.5 Å². The van der Waals surface area contributed by atoms with Gasteiger partial charge in [0.1, 0.15) is 5.69 Å². The zero-order chi connectivity index (χ0) is 21.8. The SMILES string of the molecule is CCCCc1ccc(NC(=O)c2cn(CC)cc3c(=O)n(-c4ccccc4)nc2-3)cc1. The van der Waals surface area contributed by atoms with E-state index in [2.05, 4.69) is 17.3 Å². The van der Waals surface area contributed by atoms with Gasteiger partial charge in [0.15, 0.2) is 0 Å². The summed E-state index contributed by atoms with van der Waals surface area (Å²) < 4.78 is 3.19. The van der Waals surface area contributed by atoms with Crippen LogP contribution >= 0.6 is 0 Å². The minimum absolute atomic E-state index is 0.238. The third-order valence-electron chi connectivity index (χ3n) is 5.36. The highest BCUT2D eigenvalue weighted by Crippen LogP contribution is 2.23. The minimum atomic E-state index is -0.285. The van der Waals surface area contributed by atoms with Crippen molar-refractivity contribution in [2.45, 2.75) is 39.7 Å². The zero-order valence-electron chi connectivity index (χ0n) is 17.8. The number of unbranched alkanes of at least 4 members (excludes halogenated alkanes) is 1. The van der Waals surface area contributed by atoms with E-state index >= 15 is 0 Å². The molecule has 0 saturated carbocycles. The van der Waals surface area contributed by atoms with E-state index in [1.54, 1.807) is 12.4 Å². The molecule has 2 aliphatic rings. The molecule has 6 nitrogen and oxygen atoms in total. The molecule has 2 heterocycles. The number of rotatable bonds is 7. The van der Waals surface area contributed by atoms with E-state index in [1.165, 1.54) is 10.2 Å². The average Bonchev–Trinajstić information content (AvgIpc) is 3.14. The fourth-order valence-electron chi connectivity index (χ4n) is 3.59. The van der Waals surface area contributed by atoms with Crippen LogP contribution < -0.4 is 10.9 Å². The van der Waals surface area contributed by atoms with Gasteiger partial charge in [-0.05, 0) is 49.6 Å². The van der Waals surface area contributed by atoms with Crippen LogP contribution in [0.5, 0.6) is 0 Å². The first-order chi connectivity index (χ1) is 15.1. The molecule has 0 aliphatic carbocycles. The molecule has 0 radical (unpaired) electrons. The van der Waals surface area contributed by atoms with Gasteiger partial charge in [-0.2, -0.15) is 9.78 Å². The third kappa shape index (κ3) is 4.28. The van der Waals surface area contributed by atoms with Crippen molar-refractivity contribution in [1.29, 1.82) is 0 Å². The summed E-state index contributed by atoms with van der Waals surface area (Å²) >= 11 is 0. The minimum Gasteiger partial charge on any atom is -0.353 e. The summed E-state index contributed by atoms with van der Waals surface area (Å²) in [4.78, 5) is 26.1. The van der Waals surface area contributed by atoms with Crippen LogP contribution in [0.4, 0.5) is 5.69 Å². The molecule has 0 fully saturated rings. The number of para-hydroxylation sites is 1. The van der Waals surface area contributed by atoms with Gasteiger partial charge >= 0.3 is 0 Å². The quantitative estimate of drug-likeness (QED) is 0.474. The molecule has 6 heteroatoms. The Balaban J connectivity index is 1.69. The molecule has 31 heavy (non-hydrogen) atoms. The summed E-state index contributed by atoms with van der Waals surface area (Å²) in [5.74, 6) is -0.285. The Morgan fingerprint density at radius 3 is 2.42 bits per heavy atom. The highest BCUT2D eigenvalue weighted by Gasteiger charge is 2.24. The number of amides is 1. The number of carbonyl (C=O) groups excluding carboxylic acids is 1. The molecule has 4 rings (SSSR count). The van der Waals surface area contributed by atoms with Crippen LogP contribution in [0.1, 0.15) is 42.6 Å². The summed E-state index contributed by atoms with van der Waals surface area (Å²) in [6.07, 6.45) is 6.83. The van der Waals surface area contributed by atoms with Gasteiger partial charge in [0.2, 0.25) is 0 Å². The first-order valence-corrected chi connectivity index (χ1v) is 10.7. The van der Waals surface area contributed by atoms with Gasteiger partial charge in [-0.25, -0.2) is 0 Å². The Bertz CT molecular complexity index is 1210. The average molecular weight is 415 g/mol. The highest BCUT2D eigenvalue weighted by molar-refractivity contribution is 6.08. The topological polar surface area (TPSA) is 68.9 Å². The number of aromatic nitrogens is 3. The van der Waals surface area contributed by atoms with E-state index < -0.39 is 0 Å². The lowest BCUT2D eigenvalue weighted by atomic mass is 10.1. The van der Waals surface area contributed by atoms with E-state index in [4.69, 9.17) is 0 Å². The third-order valence-corrected chi connectivity index (χ3v) is 5.36. The maximum absolute atomic E-state index is 13.1. The second kappa shape index (κ2) is 9.00. The molecule has 0 spiro atoms. The van der Waals surface area contributed by atoms with Gasteiger partial charge in [0.25, 0.3) is 11.5 Å². The van der Waals surface area contributed by atoms with Crippen LogP contribution in [-0.4, -0.2) is 20.3 Å². The lowest BCUT2D eigenvalue weighted by molar-refractivity contribution is 0.102. The number of nitrogens with one attached hydrogen (secondary N) is 1. The van der Waals surface area contributed by atoms with Gasteiger partial charge in [0.05, 0.1) is 16.8 Å². The molecule has 1 amide bonds. The Morgan fingerprint density at radius 2 is 1.74 bits per heavy atom. The maximum Gasteiger partial charge on any atom is 0.282 e. The number of carbonyl (C=O) groups is 1. The smallest absolute Gasteiger partial charge is 0.282 e. The van der Waals surface area contributed by atoms with E-state index in [9.17, 15) is 9.59 Å². The standard InChI is InChI=1S/C25H26N4O2/c1-3-5-9-18-12-14-19(15-13-18)26-24(30)21-16-28(4-2)17-22-23(21)27-29(25(22)31)20-10-7-6-8-11-20/h6-8,10-17H,3-5,9H2,1-2H3,(H,26,30). The molecular formula is C25H26N4O2. The Morgan fingerprint density at radius 1 is 1.00 bits per heavy atom. The van der Waals surface area contributed by atoms with Crippen molar-refractivity contribution in [1.82, 2.24) is 14.3 Å². The number of hydrogen-bond donors (Lipinski definition) is 1. The number of hydrogen-bond acceptors (Lipinski definition) is 3. The van der Waals surface area contributed by atoms with Crippen LogP contribution in [0, 0.1) is 0 Å². The first-order valence-electron chi connectivity index (χ1n) is 10.7. The number of aryl methyl sites for hydroxylation is 2. The molecule has 0 atom stereocenters. The Kier molecular flexibility index (Phi) is 5.98. The van der Waals surface area contributed by atoms with Gasteiger partial charge in [-0.3, -0.25) is 9.59 Å². The highest BCUT2D eigenvalue weighted by atomic mass is 16.2. The molecule has 1 N–H and O–H groups in total. The molecule has 2 aromatic rings. The Hall–Kier alpha value is -3.67. The monoisotopic (exact) mass is 414 g/mol. The lowest BCUT2D eigenvalue weighted by Crippen LogP contribution is -2.17. The lowest BCUT2D eigenvalue weighted by Gasteiger charge is -2.12. The predicted octanol–water partition coefficient (Wildman–Crippen LogP) is 4.75. The van der Waals surface area contributed by atoms with Crippen molar-refractivity contribution >= 4 is 11.6 Å². The zero-order valence-corrected chi connectivity index (χ0v) is 17.8. The number of nitrogens with zero attached hydrogens (tertiary/aromatic N) is 3. The first kappa shape index (κ1) is 20.6. The van der Waals surface area contributed by atoms with Crippen molar-refractivity contribution in [3.63, 3.8) is 0 Å². The maximum atomic E-state index is 13.1. The van der Waals surface area contributed by atoms with E-state index in [1.807, 2.05) is 66.1 Å². The van der Waals surface area contributed by atoms with Crippen LogP contribution in [0.3, 0.4) is 0 Å². The molecular weight excluding hydrogens is 388 g/mol. The summed E-state index contributed by atoms with van der Waals surface area (Å²) in [6.45, 7) is 4.77. The second-order valence-electron chi connectivity index (χ2n) is 7.57. The molecule has 2 aliphatic heterocycles. The number of benzene rings is 2. The molecule has 0 unspecified atom stereocenters. The van der Waals surface area contributed by atoms with E-state index in [0.29, 0.717) is 29.1 Å². The largest absolute Gasteiger partial charge is 0.353 e. The molecule has 2 aromatic carbocycles. The van der Waals surface area contributed by atoms with Gasteiger partial charge in [-0.15, -0.1) is 0 Å². The van der Waals surface area contributed by atoms with Crippen molar-refractivity contribution in [2.24, 2.45) is 0 Å². The fraction of sp³-hybridized carbons (Fsp3) is 0.240. The van der Waals surface area contributed by atoms with Crippen LogP contribution in [0.15, 0.2) is 71.8 Å². The van der Waals surface area contributed by atoms with Gasteiger partial charge < -0.3 is 9.88 Å². The van der Waals surface area contributed by atoms with Crippen LogP contribution in [0.25, 0.3) is 16.9 Å². The summed E-state index contributed by atoms with van der Waals surface area (Å²) in [6, 6.07) is 17.1. The second-order valence-corrected chi connectivity index (χ2v) is 7.57. The Labute approximate surface area is 181 Å². The molecule has 158 valence electrons. The van der Waals surface area contributed by atoms with Crippen LogP contribution in [0.2, 0.25) is 0 Å². The summed E-state index contributed by atoms with van der Waals surface area (Å²) in [5.41, 5.74) is 3.60. The molecule has 0 saturated heterocycles. The van der Waals surface area contributed by atoms with E-state index in [-0.39, 0.29) is 11.5 Å². The fourth-order valence-corrected chi connectivity index (χ4v) is 3.59. The van der Waals surface area contributed by atoms with Gasteiger partial charge in [-0.1, -0.05) is 43.7 Å². The summed E-state index contributed by atoms with van der Waals surface area (Å²) in [7, 11) is 0.